The van der Waals surface area contributed by atoms with Crippen molar-refractivity contribution in [2.45, 2.75) is 168 Å². The van der Waals surface area contributed by atoms with Crippen LogP contribution in [0, 0.1) is 10.8 Å². The van der Waals surface area contributed by atoms with Crippen molar-refractivity contribution in [3.63, 3.8) is 0 Å². The molecular weight excluding hydrogens is 1430 g/mol. The number of carbonyl (C=O) groups is 5. The molecule has 6 aliphatic rings. The monoisotopic (exact) mass is 1530 g/mol. The second-order valence-electron chi connectivity index (χ2n) is 29.9. The number of thioether (sulfide) groups is 1. The maximum Gasteiger partial charge on any atom is 0.501 e. The number of rotatable bonds is 27. The van der Waals surface area contributed by atoms with Crippen LogP contribution < -0.4 is 35.6 Å². The lowest BCUT2D eigenvalue weighted by atomic mass is 9.73. The van der Waals surface area contributed by atoms with E-state index in [1.54, 1.807) is 26.1 Å². The third kappa shape index (κ3) is 19.6. The number of carbonyl (C=O) groups excluding carboxylic acids is 5. The molecule has 5 amide bonds. The summed E-state index contributed by atoms with van der Waals surface area (Å²) in [5, 5.41) is 12.8. The van der Waals surface area contributed by atoms with Crippen LogP contribution in [0.4, 0.5) is 24.5 Å². The fourth-order valence-electron chi connectivity index (χ4n) is 15.2. The van der Waals surface area contributed by atoms with Gasteiger partial charge in [-0.2, -0.15) is 13.2 Å². The number of nitrogens with one attached hydrogen (secondary N) is 5. The van der Waals surface area contributed by atoms with Gasteiger partial charge in [-0.3, -0.25) is 33.8 Å². The second kappa shape index (κ2) is 33.9. The Morgan fingerprint density at radius 1 is 0.800 bits per heavy atom. The lowest BCUT2D eigenvalue weighted by Gasteiger charge is -2.39. The minimum atomic E-state index is -6.17. The number of aryl methyl sites for hydroxylation is 1. The highest BCUT2D eigenvalue weighted by atomic mass is 35.5. The van der Waals surface area contributed by atoms with Crippen LogP contribution in [0.5, 0.6) is 5.75 Å². The zero-order valence-corrected chi connectivity index (χ0v) is 63.8. The van der Waals surface area contributed by atoms with E-state index in [9.17, 15) is 54.0 Å². The minimum absolute atomic E-state index is 0.00107. The molecule has 0 spiro atoms. The molecule has 4 saturated heterocycles. The molecule has 11 rings (SSSR count). The molecule has 4 heterocycles. The fourth-order valence-corrected chi connectivity index (χ4v) is 18.3. The number of piperazine rings is 2. The van der Waals surface area contributed by atoms with E-state index in [4.69, 9.17) is 21.1 Å². The van der Waals surface area contributed by atoms with Crippen LogP contribution in [0.25, 0.3) is 5.57 Å². The third-order valence-electron chi connectivity index (χ3n) is 21.3. The number of hydrogen-bond acceptors (Lipinski definition) is 17. The maximum atomic E-state index is 14.6. The summed E-state index contributed by atoms with van der Waals surface area (Å²) >= 11 is 7.64. The van der Waals surface area contributed by atoms with E-state index in [2.05, 4.69) is 61.9 Å². The van der Waals surface area contributed by atoms with E-state index in [0.29, 0.717) is 108 Å². The first-order chi connectivity index (χ1) is 49.9. The molecule has 21 nitrogen and oxygen atoms in total. The highest BCUT2D eigenvalue weighted by Gasteiger charge is 2.55. The number of unbranched alkanes of at least 4 members (excludes halogenated alkanes) is 1. The molecule has 0 unspecified atom stereocenters. The molecular formula is C77H98ClF3N10O11S3. The van der Waals surface area contributed by atoms with E-state index in [1.807, 2.05) is 84.1 Å². The van der Waals surface area contributed by atoms with Gasteiger partial charge in [0.2, 0.25) is 23.6 Å². The molecule has 5 aromatic rings. The van der Waals surface area contributed by atoms with E-state index in [1.165, 1.54) is 45.5 Å². The number of anilines is 2. The summed E-state index contributed by atoms with van der Waals surface area (Å²) in [5.41, 5.74) is 0.154. The highest BCUT2D eigenvalue weighted by Crippen LogP contribution is 2.46. The standard InChI is InChI=1S/C77H98ClF3N10O11S3/c1-51(82-6)71(93)85-66-32-44-102-69-48-76(4,5)70(91(69)74(66)96)73(95)84-64-16-12-13-54-45-59(26-28-63(54)64)101-43-11-10-17-68(92)90-41-35-87(36-42-90)34-31-57(50-103-60-14-8-7-9-15-60)83-65-29-27-61(46-67(65)104(97,98)77(79,80)81)105(99,100)86-72(94)53-20-24-58(25-21-53)89-39-37-88(38-40-89)49-55-47-75(2,3)33-30-62(55)52-18-22-56(78)23-19-52/h7-9,14-15,18-29,45-46,51,57,64,66,69-70,82-83H,10-13,16-17,30-44,47-50H2,1-6H3,(H,84,95)(H,85,93)(H,86,94)/t51-,57+,64+,66-,69-,70+/m0/s1. The Hall–Kier alpha value is -7.24. The molecule has 2 aliphatic carbocycles. The second-order valence-corrected chi connectivity index (χ2v) is 35.0. The van der Waals surface area contributed by atoms with Gasteiger partial charge >= 0.3 is 5.51 Å². The fraction of sp³-hybridized carbons (Fsp3) is 0.519. The largest absolute Gasteiger partial charge is 0.501 e. The van der Waals surface area contributed by atoms with Crippen molar-refractivity contribution < 1.29 is 63.5 Å². The predicted molar refractivity (Wildman–Crippen MR) is 401 cm³/mol. The summed E-state index contributed by atoms with van der Waals surface area (Å²) in [4.78, 5) is 77.2. The number of nitrogens with zero attached hydrogens (tertiary/aromatic N) is 5. The summed E-state index contributed by atoms with van der Waals surface area (Å²) in [6.07, 6.45) is 7.46. The van der Waals surface area contributed by atoms with Gasteiger partial charge in [0.05, 0.1) is 35.9 Å². The smallest absolute Gasteiger partial charge is 0.494 e. The van der Waals surface area contributed by atoms with Crippen LogP contribution >= 0.6 is 23.4 Å². The summed E-state index contributed by atoms with van der Waals surface area (Å²) < 4.78 is 113. The van der Waals surface area contributed by atoms with Crippen molar-refractivity contribution in [2.75, 3.05) is 102 Å². The van der Waals surface area contributed by atoms with E-state index < -0.39 is 82.6 Å². The number of halogens is 4. The predicted octanol–water partition coefficient (Wildman–Crippen LogP) is 10.9. The number of sulfone groups is 1. The minimum Gasteiger partial charge on any atom is -0.494 e. The van der Waals surface area contributed by atoms with E-state index in [-0.39, 0.29) is 53.0 Å². The van der Waals surface area contributed by atoms with Gasteiger partial charge < -0.3 is 45.4 Å². The quantitative estimate of drug-likeness (QED) is 0.0242. The van der Waals surface area contributed by atoms with Crippen LogP contribution in [0.3, 0.4) is 0 Å². The summed E-state index contributed by atoms with van der Waals surface area (Å²) in [7, 11) is -9.43. The topological polar surface area (TPSA) is 248 Å². The Balaban J connectivity index is 0.650. The summed E-state index contributed by atoms with van der Waals surface area (Å²) in [5.74, 6) is -1.00. The van der Waals surface area contributed by atoms with Crippen molar-refractivity contribution in [3.05, 3.63) is 148 Å². The van der Waals surface area contributed by atoms with Gasteiger partial charge in [-0.15, -0.1) is 11.8 Å². The van der Waals surface area contributed by atoms with Crippen LogP contribution in [-0.2, 0) is 50.2 Å². The van der Waals surface area contributed by atoms with Crippen molar-refractivity contribution >= 4 is 89.7 Å². The first kappa shape index (κ1) is 78.8. The number of alkyl halides is 3. The van der Waals surface area contributed by atoms with Crippen molar-refractivity contribution in [1.82, 2.24) is 40.3 Å². The van der Waals surface area contributed by atoms with Crippen LogP contribution in [0.15, 0.2) is 136 Å². The molecule has 5 N–H and O–H groups in total. The number of likely N-dealkylation sites (N-methyl/N-ethyl adjacent to an activating group) is 1. The molecule has 5 aromatic carbocycles. The number of hydrogen-bond donors (Lipinski definition) is 5. The van der Waals surface area contributed by atoms with Gasteiger partial charge in [0.15, 0.2) is 0 Å². The molecule has 568 valence electrons. The molecule has 0 bridgehead atoms. The number of benzene rings is 5. The molecule has 4 fully saturated rings. The van der Waals surface area contributed by atoms with Gasteiger partial charge in [-0.05, 0) is 190 Å². The molecule has 0 radical (unpaired) electrons. The van der Waals surface area contributed by atoms with E-state index in [0.717, 1.165) is 92.0 Å². The average Bonchev–Trinajstić information content (AvgIpc) is 1.69. The van der Waals surface area contributed by atoms with E-state index >= 15 is 0 Å². The van der Waals surface area contributed by atoms with Gasteiger partial charge in [-0.1, -0.05) is 81.3 Å². The number of allylic oxidation sites excluding steroid dienone is 1. The number of ether oxygens (including phenoxy) is 2. The Kier molecular flexibility index (Phi) is 25.5. The van der Waals surface area contributed by atoms with Gasteiger partial charge in [-0.25, -0.2) is 21.6 Å². The molecule has 0 saturated carbocycles. The zero-order chi connectivity index (χ0) is 75.0. The zero-order valence-electron chi connectivity index (χ0n) is 60.6. The number of fused-ring (bicyclic) bond motifs is 2. The highest BCUT2D eigenvalue weighted by molar-refractivity contribution is 7.99. The van der Waals surface area contributed by atoms with Gasteiger partial charge in [0, 0.05) is 111 Å². The lowest BCUT2D eigenvalue weighted by Crippen LogP contribution is -2.58. The summed E-state index contributed by atoms with van der Waals surface area (Å²) in [6.45, 7) is 17.1. The first-order valence-corrected chi connectivity index (χ1v) is 40.8. The van der Waals surface area contributed by atoms with Crippen LogP contribution in [-0.4, -0.2) is 193 Å². The normalized spacial score (nSPS) is 21.5. The third-order valence-corrected chi connectivity index (χ3v) is 25.6. The van der Waals surface area contributed by atoms with Crippen LogP contribution in [0.1, 0.15) is 138 Å². The SMILES string of the molecule is CN[C@@H](C)C(=O)N[C@H]1CCO[C@H]2CC(C)(C)[C@@H](C(=O)N[C@@H]3CCCc4cc(OCCCCC(=O)N5CCN(CC[C@H](CSc6ccccc6)Nc6ccc(S(=O)(=O)NC(=O)c7ccc(N8CCN(CC9=C(c%10ccc(Cl)cc%10)CCC(C)(C)C9)CC8)cc7)cc6S(=O)(=O)C(F)(F)F)CC5)ccc43)N2C1=O. The molecule has 0 aromatic heterocycles. The number of amides is 5. The first-order valence-electron chi connectivity index (χ1n) is 36.4. The summed E-state index contributed by atoms with van der Waals surface area (Å²) in [6, 6.07) is 28.9. The lowest BCUT2D eigenvalue weighted by molar-refractivity contribution is -0.150. The molecule has 4 aliphatic heterocycles. The molecule has 28 heteroatoms. The average molecular weight is 1530 g/mol. The van der Waals surface area contributed by atoms with Crippen molar-refractivity contribution in [2.24, 2.45) is 10.8 Å². The van der Waals surface area contributed by atoms with Crippen molar-refractivity contribution in [1.29, 1.82) is 0 Å². The maximum absolute atomic E-state index is 14.6. The Labute approximate surface area is 624 Å². The van der Waals surface area contributed by atoms with Crippen LogP contribution in [0.2, 0.25) is 5.02 Å². The molecule has 105 heavy (non-hydrogen) atoms. The van der Waals surface area contributed by atoms with Gasteiger partial charge in [0.25, 0.3) is 25.8 Å². The van der Waals surface area contributed by atoms with Gasteiger partial charge in [0.1, 0.15) is 29.0 Å². The Bertz CT molecular complexity index is 4200. The number of sulfonamides is 1. The molecule has 6 atom stereocenters. The Morgan fingerprint density at radius 3 is 2.22 bits per heavy atom. The van der Waals surface area contributed by atoms with Crippen molar-refractivity contribution in [3.8, 4) is 5.75 Å². The Morgan fingerprint density at radius 2 is 1.51 bits per heavy atom.